The first-order valence-electron chi connectivity index (χ1n) is 5.49. The van der Waals surface area contributed by atoms with E-state index in [0.717, 1.165) is 32.5 Å². The second-order valence-corrected chi connectivity index (χ2v) is 4.60. The molecule has 1 aliphatic carbocycles. The van der Waals surface area contributed by atoms with Gasteiger partial charge in [-0.3, -0.25) is 4.90 Å². The van der Waals surface area contributed by atoms with Crippen LogP contribution >= 0.6 is 0 Å². The molecule has 3 atom stereocenters. The van der Waals surface area contributed by atoms with Crippen LogP contribution in [0, 0.1) is 11.8 Å². The third-order valence-corrected chi connectivity index (χ3v) is 3.66. The Morgan fingerprint density at radius 2 is 2.40 bits per heavy atom. The lowest BCUT2D eigenvalue weighted by molar-refractivity contribution is 0.122. The molecule has 2 aliphatic rings. The number of nitrogens with zero attached hydrogens (tertiary/aromatic N) is 3. The Bertz CT molecular complexity index is 327. The van der Waals surface area contributed by atoms with Crippen LogP contribution in [-0.4, -0.2) is 39.3 Å². The molecule has 2 heterocycles. The first-order valence-corrected chi connectivity index (χ1v) is 5.49. The SMILES string of the molecule is OC1CCC2CN(Cc3ncno3)CC12. The van der Waals surface area contributed by atoms with E-state index in [4.69, 9.17) is 4.52 Å². The van der Waals surface area contributed by atoms with Crippen molar-refractivity contribution in [1.82, 2.24) is 15.0 Å². The zero-order valence-corrected chi connectivity index (χ0v) is 8.54. The van der Waals surface area contributed by atoms with Gasteiger partial charge in [-0.15, -0.1) is 0 Å². The molecule has 1 saturated carbocycles. The van der Waals surface area contributed by atoms with E-state index in [1.165, 1.54) is 6.33 Å². The van der Waals surface area contributed by atoms with Gasteiger partial charge in [0.15, 0.2) is 6.33 Å². The molecule has 0 bridgehead atoms. The van der Waals surface area contributed by atoms with Gasteiger partial charge in [-0.1, -0.05) is 5.16 Å². The van der Waals surface area contributed by atoms with Gasteiger partial charge in [-0.25, -0.2) is 0 Å². The maximum atomic E-state index is 9.77. The fourth-order valence-electron chi connectivity index (χ4n) is 2.91. The first-order chi connectivity index (χ1) is 7.33. The lowest BCUT2D eigenvalue weighted by Crippen LogP contribution is -2.24. The summed E-state index contributed by atoms with van der Waals surface area (Å²) in [5, 5.41) is 13.4. The molecule has 0 radical (unpaired) electrons. The highest BCUT2D eigenvalue weighted by atomic mass is 16.5. The second kappa shape index (κ2) is 3.57. The molecule has 3 unspecified atom stereocenters. The first kappa shape index (κ1) is 9.30. The van der Waals surface area contributed by atoms with Gasteiger partial charge in [0.2, 0.25) is 5.89 Å². The summed E-state index contributed by atoms with van der Waals surface area (Å²) in [5.74, 6) is 1.81. The third kappa shape index (κ3) is 1.66. The van der Waals surface area contributed by atoms with Gasteiger partial charge in [0.05, 0.1) is 12.6 Å². The van der Waals surface area contributed by atoms with Crippen molar-refractivity contribution in [3.05, 3.63) is 12.2 Å². The summed E-state index contributed by atoms with van der Waals surface area (Å²) in [6.07, 6.45) is 3.47. The molecule has 0 spiro atoms. The average molecular weight is 209 g/mol. The van der Waals surface area contributed by atoms with Crippen molar-refractivity contribution in [2.75, 3.05) is 13.1 Å². The molecule has 1 aromatic rings. The Kier molecular flexibility index (Phi) is 2.21. The van der Waals surface area contributed by atoms with Crippen molar-refractivity contribution in [2.45, 2.75) is 25.5 Å². The molecule has 0 amide bonds. The molecule has 15 heavy (non-hydrogen) atoms. The van der Waals surface area contributed by atoms with Gasteiger partial charge in [0.25, 0.3) is 0 Å². The van der Waals surface area contributed by atoms with Gasteiger partial charge in [-0.2, -0.15) is 4.98 Å². The molecular formula is C10H15N3O2. The number of hydrogen-bond acceptors (Lipinski definition) is 5. The molecule has 2 fully saturated rings. The average Bonchev–Trinajstić information content (AvgIpc) is 2.88. The van der Waals surface area contributed by atoms with Gasteiger partial charge in [0, 0.05) is 19.0 Å². The molecule has 5 nitrogen and oxygen atoms in total. The number of aliphatic hydroxyl groups excluding tert-OH is 1. The quantitative estimate of drug-likeness (QED) is 0.757. The summed E-state index contributed by atoms with van der Waals surface area (Å²) in [7, 11) is 0. The maximum absolute atomic E-state index is 9.77. The van der Waals surface area contributed by atoms with E-state index in [0.29, 0.717) is 17.7 Å². The fraction of sp³-hybridized carbons (Fsp3) is 0.800. The molecule has 82 valence electrons. The maximum Gasteiger partial charge on any atom is 0.240 e. The predicted molar refractivity (Wildman–Crippen MR) is 51.8 cm³/mol. The fourth-order valence-corrected chi connectivity index (χ4v) is 2.91. The summed E-state index contributed by atoms with van der Waals surface area (Å²) < 4.78 is 4.98. The van der Waals surface area contributed by atoms with Gasteiger partial charge < -0.3 is 9.63 Å². The Morgan fingerprint density at radius 1 is 1.47 bits per heavy atom. The highest BCUT2D eigenvalue weighted by molar-refractivity contribution is 4.94. The lowest BCUT2D eigenvalue weighted by Gasteiger charge is -2.15. The Hall–Kier alpha value is -0.940. The molecule has 1 saturated heterocycles. The van der Waals surface area contributed by atoms with Gasteiger partial charge in [0.1, 0.15) is 0 Å². The molecule has 0 aromatic carbocycles. The second-order valence-electron chi connectivity index (χ2n) is 4.60. The monoisotopic (exact) mass is 209 g/mol. The van der Waals surface area contributed by atoms with Crippen molar-refractivity contribution >= 4 is 0 Å². The van der Waals surface area contributed by atoms with Gasteiger partial charge in [-0.05, 0) is 18.8 Å². The van der Waals surface area contributed by atoms with Crippen LogP contribution in [0.25, 0.3) is 0 Å². The van der Waals surface area contributed by atoms with Crippen LogP contribution in [0.1, 0.15) is 18.7 Å². The van der Waals surface area contributed by atoms with Crippen LogP contribution in [0.15, 0.2) is 10.9 Å². The van der Waals surface area contributed by atoms with E-state index in [-0.39, 0.29) is 6.10 Å². The van der Waals surface area contributed by atoms with E-state index < -0.39 is 0 Å². The number of aromatic nitrogens is 2. The highest BCUT2D eigenvalue weighted by Crippen LogP contribution is 2.38. The minimum Gasteiger partial charge on any atom is -0.393 e. The van der Waals surface area contributed by atoms with Crippen LogP contribution in [0.5, 0.6) is 0 Å². The number of fused-ring (bicyclic) bond motifs is 1. The topological polar surface area (TPSA) is 62.4 Å². The van der Waals surface area contributed by atoms with Crippen molar-refractivity contribution in [3.63, 3.8) is 0 Å². The Balaban J connectivity index is 1.62. The summed E-state index contributed by atoms with van der Waals surface area (Å²) in [4.78, 5) is 6.31. The molecule has 5 heteroatoms. The minimum atomic E-state index is -0.0947. The van der Waals surface area contributed by atoms with Crippen molar-refractivity contribution in [3.8, 4) is 0 Å². The predicted octanol–water partition coefficient (Wildman–Crippen LogP) is 0.272. The summed E-state index contributed by atoms with van der Waals surface area (Å²) in [5.41, 5.74) is 0. The minimum absolute atomic E-state index is 0.0947. The molecule has 1 N–H and O–H groups in total. The summed E-state index contributed by atoms with van der Waals surface area (Å²) in [6.45, 7) is 2.75. The van der Waals surface area contributed by atoms with Crippen LogP contribution in [-0.2, 0) is 6.54 Å². The normalized spacial score (nSPS) is 35.9. The van der Waals surface area contributed by atoms with Crippen LogP contribution in [0.2, 0.25) is 0 Å². The van der Waals surface area contributed by atoms with Crippen molar-refractivity contribution in [1.29, 1.82) is 0 Å². The molecular weight excluding hydrogens is 194 g/mol. The third-order valence-electron chi connectivity index (χ3n) is 3.66. The Morgan fingerprint density at radius 3 is 3.13 bits per heavy atom. The smallest absolute Gasteiger partial charge is 0.240 e. The molecule has 3 rings (SSSR count). The van der Waals surface area contributed by atoms with E-state index in [1.54, 1.807) is 0 Å². The van der Waals surface area contributed by atoms with E-state index in [2.05, 4.69) is 15.0 Å². The van der Waals surface area contributed by atoms with Crippen LogP contribution in [0.4, 0.5) is 0 Å². The molecule has 1 aromatic heterocycles. The van der Waals surface area contributed by atoms with E-state index >= 15 is 0 Å². The zero-order chi connectivity index (χ0) is 10.3. The number of rotatable bonds is 2. The van der Waals surface area contributed by atoms with Crippen molar-refractivity contribution < 1.29 is 9.63 Å². The lowest BCUT2D eigenvalue weighted by atomic mass is 10.00. The number of likely N-dealkylation sites (tertiary alicyclic amines) is 1. The Labute approximate surface area is 88.1 Å². The van der Waals surface area contributed by atoms with E-state index in [9.17, 15) is 5.11 Å². The summed E-state index contributed by atoms with van der Waals surface area (Å²) >= 11 is 0. The zero-order valence-electron chi connectivity index (χ0n) is 8.54. The van der Waals surface area contributed by atoms with Crippen molar-refractivity contribution in [2.24, 2.45) is 11.8 Å². The summed E-state index contributed by atoms with van der Waals surface area (Å²) in [6, 6.07) is 0. The van der Waals surface area contributed by atoms with Crippen LogP contribution < -0.4 is 0 Å². The highest BCUT2D eigenvalue weighted by Gasteiger charge is 2.41. The number of aliphatic hydroxyl groups is 1. The van der Waals surface area contributed by atoms with Gasteiger partial charge >= 0.3 is 0 Å². The molecule has 1 aliphatic heterocycles. The standard InChI is InChI=1S/C10H15N3O2/c14-9-2-1-7-3-13(4-8(7)9)5-10-11-6-12-15-10/h6-9,14H,1-5H2. The largest absolute Gasteiger partial charge is 0.393 e. The van der Waals surface area contributed by atoms with E-state index in [1.807, 2.05) is 0 Å². The van der Waals surface area contributed by atoms with Crippen LogP contribution in [0.3, 0.4) is 0 Å². The number of hydrogen-bond donors (Lipinski definition) is 1.